The molecule has 0 saturated heterocycles. The Balaban J connectivity index is 1.83. The first-order valence-corrected chi connectivity index (χ1v) is 7.33. The number of hydrogen-bond acceptors (Lipinski definition) is 4. The molecule has 23 heavy (non-hydrogen) atoms. The van der Waals surface area contributed by atoms with Crippen LogP contribution in [0.25, 0.3) is 0 Å². The van der Waals surface area contributed by atoms with E-state index in [1.54, 1.807) is 38.6 Å². The van der Waals surface area contributed by atoms with Crippen LogP contribution in [0.4, 0.5) is 4.79 Å². The first kappa shape index (κ1) is 16.9. The lowest BCUT2D eigenvalue weighted by molar-refractivity contribution is 0.240. The molecular formula is C16H18ClN3O3. The number of nitrogens with zero attached hydrogens (tertiary/aromatic N) is 1. The van der Waals surface area contributed by atoms with Crippen LogP contribution in [0.1, 0.15) is 11.3 Å². The van der Waals surface area contributed by atoms with Crippen molar-refractivity contribution in [2.75, 3.05) is 14.2 Å². The molecule has 0 unspecified atom stereocenters. The molecule has 0 fully saturated rings. The normalized spacial score (nSPS) is 10.0. The van der Waals surface area contributed by atoms with Gasteiger partial charge < -0.3 is 20.1 Å². The molecule has 7 heteroatoms. The highest BCUT2D eigenvalue weighted by Crippen LogP contribution is 2.27. The van der Waals surface area contributed by atoms with Crippen LogP contribution in [-0.4, -0.2) is 25.2 Å². The first-order valence-electron chi connectivity index (χ1n) is 6.95. The Morgan fingerprint density at radius 1 is 1.09 bits per heavy atom. The number of pyridine rings is 1. The second-order valence-electron chi connectivity index (χ2n) is 4.69. The minimum absolute atomic E-state index is 0.281. The summed E-state index contributed by atoms with van der Waals surface area (Å²) in [5.41, 5.74) is 1.64. The molecule has 0 aliphatic heterocycles. The number of urea groups is 1. The van der Waals surface area contributed by atoms with Gasteiger partial charge in [0.15, 0.2) is 11.5 Å². The molecule has 2 amide bonds. The van der Waals surface area contributed by atoms with Crippen LogP contribution in [-0.2, 0) is 13.1 Å². The molecule has 0 spiro atoms. The lowest BCUT2D eigenvalue weighted by atomic mass is 10.2. The van der Waals surface area contributed by atoms with Gasteiger partial charge in [0.25, 0.3) is 0 Å². The van der Waals surface area contributed by atoms with E-state index in [-0.39, 0.29) is 6.03 Å². The quantitative estimate of drug-likeness (QED) is 0.851. The number of halogens is 1. The summed E-state index contributed by atoms with van der Waals surface area (Å²) in [6, 6.07) is 8.69. The molecule has 2 N–H and O–H groups in total. The first-order chi connectivity index (χ1) is 11.1. The molecule has 1 heterocycles. The third-order valence-corrected chi connectivity index (χ3v) is 3.34. The van der Waals surface area contributed by atoms with Gasteiger partial charge in [0.05, 0.1) is 31.5 Å². The Hall–Kier alpha value is -2.47. The maximum Gasteiger partial charge on any atom is 0.315 e. The van der Waals surface area contributed by atoms with Crippen LogP contribution in [0.15, 0.2) is 36.5 Å². The maximum absolute atomic E-state index is 11.8. The van der Waals surface area contributed by atoms with Crippen LogP contribution in [0.3, 0.4) is 0 Å². The summed E-state index contributed by atoms with van der Waals surface area (Å²) < 4.78 is 10.4. The minimum Gasteiger partial charge on any atom is -0.493 e. The number of carbonyl (C=O) groups excluding carboxylic acids is 1. The molecular weight excluding hydrogens is 318 g/mol. The van der Waals surface area contributed by atoms with Crippen molar-refractivity contribution >= 4 is 17.6 Å². The van der Waals surface area contributed by atoms with E-state index in [1.165, 1.54) is 0 Å². The highest BCUT2D eigenvalue weighted by atomic mass is 35.5. The molecule has 0 saturated carbocycles. The molecule has 0 radical (unpaired) electrons. The van der Waals surface area contributed by atoms with E-state index < -0.39 is 0 Å². The summed E-state index contributed by atoms with van der Waals surface area (Å²) in [6.07, 6.45) is 1.54. The maximum atomic E-state index is 11.8. The predicted molar refractivity (Wildman–Crippen MR) is 87.9 cm³/mol. The fourth-order valence-electron chi connectivity index (χ4n) is 1.92. The van der Waals surface area contributed by atoms with Crippen molar-refractivity contribution in [2.45, 2.75) is 13.1 Å². The Bertz CT molecular complexity index is 662. The largest absolute Gasteiger partial charge is 0.493 e. The number of rotatable bonds is 6. The Labute approximate surface area is 139 Å². The van der Waals surface area contributed by atoms with Crippen molar-refractivity contribution in [3.8, 4) is 11.5 Å². The summed E-state index contributed by atoms with van der Waals surface area (Å²) in [4.78, 5) is 15.9. The number of aromatic nitrogens is 1. The third-order valence-electron chi connectivity index (χ3n) is 3.12. The molecule has 1 aromatic heterocycles. The Kier molecular flexibility index (Phi) is 6.05. The fraction of sp³-hybridized carbons (Fsp3) is 0.250. The molecule has 1 aromatic carbocycles. The molecule has 0 bridgehead atoms. The van der Waals surface area contributed by atoms with Gasteiger partial charge in [-0.05, 0) is 29.8 Å². The van der Waals surface area contributed by atoms with E-state index in [2.05, 4.69) is 15.6 Å². The van der Waals surface area contributed by atoms with E-state index in [0.717, 1.165) is 11.3 Å². The highest BCUT2D eigenvalue weighted by Gasteiger charge is 2.06. The van der Waals surface area contributed by atoms with Gasteiger partial charge in [0, 0.05) is 12.7 Å². The molecule has 2 rings (SSSR count). The zero-order valence-electron chi connectivity index (χ0n) is 12.9. The second-order valence-corrected chi connectivity index (χ2v) is 5.13. The zero-order chi connectivity index (χ0) is 16.7. The summed E-state index contributed by atoms with van der Waals surface area (Å²) >= 11 is 5.76. The van der Waals surface area contributed by atoms with Crippen molar-refractivity contribution in [2.24, 2.45) is 0 Å². The number of benzene rings is 1. The second kappa shape index (κ2) is 8.24. The SMILES string of the molecule is COc1ccc(CNC(=O)NCc2ccc(Cl)cn2)cc1OC. The summed E-state index contributed by atoms with van der Waals surface area (Å²) in [5, 5.41) is 6.06. The van der Waals surface area contributed by atoms with E-state index in [4.69, 9.17) is 21.1 Å². The van der Waals surface area contributed by atoms with Crippen LogP contribution >= 0.6 is 11.6 Å². The van der Waals surface area contributed by atoms with Gasteiger partial charge in [0.1, 0.15) is 0 Å². The van der Waals surface area contributed by atoms with Gasteiger partial charge in [-0.25, -0.2) is 4.79 Å². The Morgan fingerprint density at radius 3 is 2.48 bits per heavy atom. The van der Waals surface area contributed by atoms with Crippen LogP contribution in [0.5, 0.6) is 11.5 Å². The van der Waals surface area contributed by atoms with E-state index in [1.807, 2.05) is 12.1 Å². The summed E-state index contributed by atoms with van der Waals surface area (Å²) in [7, 11) is 3.15. The van der Waals surface area contributed by atoms with Gasteiger partial charge in [-0.1, -0.05) is 17.7 Å². The van der Waals surface area contributed by atoms with Crippen molar-refractivity contribution in [1.29, 1.82) is 0 Å². The number of ether oxygens (including phenoxy) is 2. The average molecular weight is 336 g/mol. The molecule has 0 atom stereocenters. The molecule has 0 aliphatic rings. The van der Waals surface area contributed by atoms with Crippen molar-refractivity contribution in [1.82, 2.24) is 15.6 Å². The topological polar surface area (TPSA) is 72.5 Å². The average Bonchev–Trinajstić information content (AvgIpc) is 2.59. The van der Waals surface area contributed by atoms with Gasteiger partial charge >= 0.3 is 6.03 Å². The number of amides is 2. The summed E-state index contributed by atoms with van der Waals surface area (Å²) in [6.45, 7) is 0.704. The van der Waals surface area contributed by atoms with Crippen molar-refractivity contribution in [3.05, 3.63) is 52.8 Å². The lowest BCUT2D eigenvalue weighted by Gasteiger charge is -2.11. The van der Waals surface area contributed by atoms with Gasteiger partial charge in [-0.15, -0.1) is 0 Å². The fourth-order valence-corrected chi connectivity index (χ4v) is 2.03. The number of methoxy groups -OCH3 is 2. The molecule has 2 aromatic rings. The summed E-state index contributed by atoms with van der Waals surface area (Å²) in [5.74, 6) is 1.27. The molecule has 122 valence electrons. The standard InChI is InChI=1S/C16H18ClN3O3/c1-22-14-6-3-11(7-15(14)23-2)8-19-16(21)20-10-13-5-4-12(17)9-18-13/h3-7,9H,8,10H2,1-2H3,(H2,19,20,21). The number of hydrogen-bond donors (Lipinski definition) is 2. The molecule has 0 aliphatic carbocycles. The monoisotopic (exact) mass is 335 g/mol. The van der Waals surface area contributed by atoms with Crippen molar-refractivity contribution < 1.29 is 14.3 Å². The van der Waals surface area contributed by atoms with Crippen LogP contribution in [0.2, 0.25) is 5.02 Å². The van der Waals surface area contributed by atoms with E-state index >= 15 is 0 Å². The van der Waals surface area contributed by atoms with Crippen LogP contribution < -0.4 is 20.1 Å². The van der Waals surface area contributed by atoms with Gasteiger partial charge in [-0.3, -0.25) is 4.98 Å². The smallest absolute Gasteiger partial charge is 0.315 e. The van der Waals surface area contributed by atoms with E-state index in [0.29, 0.717) is 29.6 Å². The lowest BCUT2D eigenvalue weighted by Crippen LogP contribution is -2.34. The minimum atomic E-state index is -0.281. The predicted octanol–water partition coefficient (Wildman–Crippen LogP) is 2.75. The highest BCUT2D eigenvalue weighted by molar-refractivity contribution is 6.30. The number of nitrogens with one attached hydrogen (secondary N) is 2. The van der Waals surface area contributed by atoms with E-state index in [9.17, 15) is 4.79 Å². The van der Waals surface area contributed by atoms with Gasteiger partial charge in [-0.2, -0.15) is 0 Å². The zero-order valence-corrected chi connectivity index (χ0v) is 13.7. The molecule has 6 nitrogen and oxygen atoms in total. The van der Waals surface area contributed by atoms with Gasteiger partial charge in [0.2, 0.25) is 0 Å². The third kappa shape index (κ3) is 5.03. The van der Waals surface area contributed by atoms with Crippen molar-refractivity contribution in [3.63, 3.8) is 0 Å². The van der Waals surface area contributed by atoms with Crippen LogP contribution in [0, 0.1) is 0 Å². The Morgan fingerprint density at radius 2 is 1.83 bits per heavy atom. The number of carbonyl (C=O) groups is 1.